The average molecular weight is 221 g/mol. The lowest BCUT2D eigenvalue weighted by molar-refractivity contribution is -0.116. The van der Waals surface area contributed by atoms with Gasteiger partial charge in [0, 0.05) is 18.8 Å². The number of carboxylic acid groups (broad SMARTS) is 1. The molecule has 1 amide bonds. The van der Waals surface area contributed by atoms with Crippen molar-refractivity contribution in [2.75, 3.05) is 5.32 Å². The largest absolute Gasteiger partial charge is 0.476 e. The summed E-state index contributed by atoms with van der Waals surface area (Å²) in [6.45, 7) is 3.48. The van der Waals surface area contributed by atoms with Crippen molar-refractivity contribution in [2.45, 2.75) is 12.8 Å². The minimum atomic E-state index is -1.23. The van der Waals surface area contributed by atoms with Crippen LogP contribution in [0.5, 0.6) is 0 Å². The van der Waals surface area contributed by atoms with Gasteiger partial charge in [0.05, 0.1) is 0 Å². The Bertz CT molecular complexity index is 418. The maximum absolute atomic E-state index is 11.3. The van der Waals surface area contributed by atoms with Crippen LogP contribution in [0.4, 0.5) is 5.82 Å². The van der Waals surface area contributed by atoms with Gasteiger partial charge < -0.3 is 10.4 Å². The first-order chi connectivity index (χ1) is 7.65. The van der Waals surface area contributed by atoms with E-state index in [-0.39, 0.29) is 23.8 Å². The van der Waals surface area contributed by atoms with Crippen LogP contribution < -0.4 is 5.32 Å². The highest BCUT2D eigenvalue weighted by atomic mass is 16.4. The van der Waals surface area contributed by atoms with Crippen LogP contribution in [0, 0.1) is 0 Å². The number of rotatable bonds is 5. The number of nitrogens with one attached hydrogen (secondary N) is 1. The lowest BCUT2D eigenvalue weighted by Gasteiger charge is -2.04. The molecule has 0 unspecified atom stereocenters. The van der Waals surface area contributed by atoms with Crippen molar-refractivity contribution in [3.05, 3.63) is 30.7 Å². The van der Waals surface area contributed by atoms with E-state index in [4.69, 9.17) is 5.11 Å². The molecule has 0 aliphatic rings. The normalized spacial score (nSPS) is 9.50. The zero-order valence-electron chi connectivity index (χ0n) is 8.51. The Hall–Kier alpha value is -2.24. The van der Waals surface area contributed by atoms with Crippen LogP contribution in [0.2, 0.25) is 0 Å². The summed E-state index contributed by atoms with van der Waals surface area (Å²) in [6.07, 6.45) is 4.93. The van der Waals surface area contributed by atoms with E-state index in [9.17, 15) is 9.59 Å². The molecule has 0 spiro atoms. The molecule has 1 rings (SSSR count). The molecule has 1 heterocycles. The number of hydrogen-bond acceptors (Lipinski definition) is 4. The highest BCUT2D eigenvalue weighted by molar-refractivity contribution is 5.97. The summed E-state index contributed by atoms with van der Waals surface area (Å²) in [5, 5.41) is 11.2. The molecule has 6 nitrogen and oxygen atoms in total. The van der Waals surface area contributed by atoms with Crippen LogP contribution in [0.25, 0.3) is 0 Å². The fraction of sp³-hybridized carbons (Fsp3) is 0.200. The maximum atomic E-state index is 11.3. The Morgan fingerprint density at radius 3 is 2.75 bits per heavy atom. The van der Waals surface area contributed by atoms with Gasteiger partial charge >= 0.3 is 5.97 Å². The molecule has 0 aliphatic carbocycles. The molecule has 0 saturated heterocycles. The number of aromatic carboxylic acids is 1. The van der Waals surface area contributed by atoms with E-state index in [2.05, 4.69) is 21.9 Å². The van der Waals surface area contributed by atoms with Gasteiger partial charge in [0.1, 0.15) is 0 Å². The van der Waals surface area contributed by atoms with E-state index in [1.165, 1.54) is 12.4 Å². The number of allylic oxidation sites excluding steroid dienone is 1. The Morgan fingerprint density at radius 2 is 2.12 bits per heavy atom. The topological polar surface area (TPSA) is 92.2 Å². The van der Waals surface area contributed by atoms with E-state index >= 15 is 0 Å². The number of carbonyl (C=O) groups is 2. The predicted molar refractivity (Wildman–Crippen MR) is 57.1 cm³/mol. The standard InChI is InChI=1S/C10H11N3O3/c1-2-3-4-7(14)13-9-8(10(15)16)11-5-6-12-9/h2,5-6H,1,3-4H2,(H,15,16)(H,12,13,14). The molecule has 0 radical (unpaired) electrons. The molecule has 84 valence electrons. The number of amides is 1. The molecular formula is C10H11N3O3. The molecule has 0 bridgehead atoms. The van der Waals surface area contributed by atoms with Crippen molar-refractivity contribution in [3.8, 4) is 0 Å². The van der Waals surface area contributed by atoms with Gasteiger partial charge in [-0.25, -0.2) is 14.8 Å². The highest BCUT2D eigenvalue weighted by Gasteiger charge is 2.14. The van der Waals surface area contributed by atoms with Crippen LogP contribution in [0.3, 0.4) is 0 Å². The van der Waals surface area contributed by atoms with Crippen molar-refractivity contribution in [1.82, 2.24) is 9.97 Å². The van der Waals surface area contributed by atoms with E-state index < -0.39 is 5.97 Å². The van der Waals surface area contributed by atoms with Gasteiger partial charge in [-0.3, -0.25) is 4.79 Å². The quantitative estimate of drug-likeness (QED) is 0.726. The zero-order chi connectivity index (χ0) is 12.0. The van der Waals surface area contributed by atoms with Crippen LogP contribution >= 0.6 is 0 Å². The molecule has 6 heteroatoms. The van der Waals surface area contributed by atoms with Gasteiger partial charge in [-0.1, -0.05) is 6.08 Å². The predicted octanol–water partition coefficient (Wildman–Crippen LogP) is 1.08. The zero-order valence-corrected chi connectivity index (χ0v) is 8.51. The van der Waals surface area contributed by atoms with Crippen molar-refractivity contribution >= 4 is 17.7 Å². The lowest BCUT2D eigenvalue weighted by Crippen LogP contribution is -2.16. The molecule has 0 fully saturated rings. The number of carbonyl (C=O) groups excluding carboxylic acids is 1. The molecule has 0 atom stereocenters. The van der Waals surface area contributed by atoms with Crippen molar-refractivity contribution in [2.24, 2.45) is 0 Å². The fourth-order valence-corrected chi connectivity index (χ4v) is 1.01. The molecule has 1 aromatic heterocycles. The third kappa shape index (κ3) is 3.16. The summed E-state index contributed by atoms with van der Waals surface area (Å²) < 4.78 is 0. The van der Waals surface area contributed by atoms with Gasteiger partial charge in [0.2, 0.25) is 5.91 Å². The Morgan fingerprint density at radius 1 is 1.44 bits per heavy atom. The highest BCUT2D eigenvalue weighted by Crippen LogP contribution is 2.08. The van der Waals surface area contributed by atoms with E-state index in [0.717, 1.165) is 0 Å². The van der Waals surface area contributed by atoms with Crippen LogP contribution in [-0.2, 0) is 4.79 Å². The van der Waals surface area contributed by atoms with Crippen LogP contribution in [-0.4, -0.2) is 27.0 Å². The number of nitrogens with zero attached hydrogens (tertiary/aromatic N) is 2. The number of anilines is 1. The van der Waals surface area contributed by atoms with Gasteiger partial charge in [-0.2, -0.15) is 0 Å². The molecular weight excluding hydrogens is 210 g/mol. The molecule has 0 aliphatic heterocycles. The van der Waals surface area contributed by atoms with Gasteiger partial charge in [0.25, 0.3) is 0 Å². The van der Waals surface area contributed by atoms with Crippen molar-refractivity contribution in [3.63, 3.8) is 0 Å². The minimum absolute atomic E-state index is 0.0379. The minimum Gasteiger partial charge on any atom is -0.476 e. The molecule has 0 saturated carbocycles. The van der Waals surface area contributed by atoms with Crippen molar-refractivity contribution in [1.29, 1.82) is 0 Å². The van der Waals surface area contributed by atoms with E-state index in [0.29, 0.717) is 6.42 Å². The van der Waals surface area contributed by atoms with Crippen LogP contribution in [0.15, 0.2) is 25.0 Å². The van der Waals surface area contributed by atoms with E-state index in [1.807, 2.05) is 0 Å². The summed E-state index contributed by atoms with van der Waals surface area (Å²) in [7, 11) is 0. The van der Waals surface area contributed by atoms with E-state index in [1.54, 1.807) is 6.08 Å². The Kier molecular flexibility index (Phi) is 4.14. The lowest BCUT2D eigenvalue weighted by atomic mass is 10.3. The Balaban J connectivity index is 2.76. The summed E-state index contributed by atoms with van der Waals surface area (Å²) in [5.74, 6) is -1.58. The monoisotopic (exact) mass is 221 g/mol. The first-order valence-electron chi connectivity index (χ1n) is 4.60. The van der Waals surface area contributed by atoms with Gasteiger partial charge in [0.15, 0.2) is 11.5 Å². The molecule has 0 aromatic carbocycles. The summed E-state index contributed by atoms with van der Waals surface area (Å²) >= 11 is 0. The second-order valence-corrected chi connectivity index (χ2v) is 2.93. The third-order valence-corrected chi connectivity index (χ3v) is 1.73. The summed E-state index contributed by atoms with van der Waals surface area (Å²) in [6, 6.07) is 0. The van der Waals surface area contributed by atoms with Crippen LogP contribution in [0.1, 0.15) is 23.3 Å². The second kappa shape index (κ2) is 5.59. The van der Waals surface area contributed by atoms with Gasteiger partial charge in [-0.05, 0) is 6.42 Å². The van der Waals surface area contributed by atoms with Gasteiger partial charge in [-0.15, -0.1) is 6.58 Å². The average Bonchev–Trinajstić information content (AvgIpc) is 2.27. The Labute approximate surface area is 92.0 Å². The molecule has 1 aromatic rings. The van der Waals surface area contributed by atoms with Crippen molar-refractivity contribution < 1.29 is 14.7 Å². The molecule has 2 N–H and O–H groups in total. The fourth-order valence-electron chi connectivity index (χ4n) is 1.01. The first kappa shape index (κ1) is 11.8. The number of carboxylic acids is 1. The second-order valence-electron chi connectivity index (χ2n) is 2.93. The third-order valence-electron chi connectivity index (χ3n) is 1.73. The maximum Gasteiger partial charge on any atom is 0.358 e. The first-order valence-corrected chi connectivity index (χ1v) is 4.60. The number of aromatic nitrogens is 2. The molecule has 16 heavy (non-hydrogen) atoms. The summed E-state index contributed by atoms with van der Waals surface area (Å²) in [4.78, 5) is 29.4. The summed E-state index contributed by atoms with van der Waals surface area (Å²) in [5.41, 5.74) is -0.269. The number of hydrogen-bond donors (Lipinski definition) is 2. The smallest absolute Gasteiger partial charge is 0.358 e. The SMILES string of the molecule is C=CCCC(=O)Nc1nccnc1C(=O)O.